The van der Waals surface area contributed by atoms with E-state index in [0.717, 1.165) is 24.2 Å². The topological polar surface area (TPSA) is 58.6 Å². The standard InChI is InChI=1S/C10H16N2O3/c1-7(8-4-11-5-8)10(14)12(2)6-9(13)15-3/h11H,4-6H2,1-3H3. The molecule has 1 aliphatic rings. The maximum Gasteiger partial charge on any atom is 0.325 e. The molecule has 5 heteroatoms. The van der Waals surface area contributed by atoms with Crippen LogP contribution in [0.1, 0.15) is 6.92 Å². The summed E-state index contributed by atoms with van der Waals surface area (Å²) in [6, 6.07) is 0. The molecular formula is C10H16N2O3. The Kier molecular flexibility index (Phi) is 3.85. The third kappa shape index (κ3) is 2.79. The minimum absolute atomic E-state index is 0.00657. The van der Waals surface area contributed by atoms with Crippen LogP contribution in [0.3, 0.4) is 0 Å². The number of esters is 1. The SMILES string of the molecule is COC(=O)CN(C)C(=O)C(C)=C1CNC1. The van der Waals surface area contributed by atoms with Gasteiger partial charge in [-0.2, -0.15) is 0 Å². The van der Waals surface area contributed by atoms with Gasteiger partial charge in [0.1, 0.15) is 6.54 Å². The average Bonchev–Trinajstić information content (AvgIpc) is 2.13. The van der Waals surface area contributed by atoms with Gasteiger partial charge >= 0.3 is 5.97 Å². The van der Waals surface area contributed by atoms with Gasteiger partial charge in [-0.1, -0.05) is 0 Å². The maximum absolute atomic E-state index is 11.8. The fraction of sp³-hybridized carbons (Fsp3) is 0.600. The van der Waals surface area contributed by atoms with Crippen molar-refractivity contribution in [3.63, 3.8) is 0 Å². The van der Waals surface area contributed by atoms with Gasteiger partial charge < -0.3 is 15.0 Å². The van der Waals surface area contributed by atoms with Crippen molar-refractivity contribution in [2.75, 3.05) is 33.8 Å². The van der Waals surface area contributed by atoms with Crippen LogP contribution >= 0.6 is 0 Å². The van der Waals surface area contributed by atoms with Crippen LogP contribution in [0.25, 0.3) is 0 Å². The zero-order valence-corrected chi connectivity index (χ0v) is 9.29. The highest BCUT2D eigenvalue weighted by molar-refractivity contribution is 5.95. The molecule has 5 nitrogen and oxygen atoms in total. The van der Waals surface area contributed by atoms with Crippen LogP contribution in [0.2, 0.25) is 0 Å². The van der Waals surface area contributed by atoms with Crippen LogP contribution in [-0.4, -0.2) is 50.6 Å². The molecule has 0 radical (unpaired) electrons. The van der Waals surface area contributed by atoms with Crippen molar-refractivity contribution >= 4 is 11.9 Å². The summed E-state index contributed by atoms with van der Waals surface area (Å²) >= 11 is 0. The zero-order valence-electron chi connectivity index (χ0n) is 9.29. The summed E-state index contributed by atoms with van der Waals surface area (Å²) in [5.41, 5.74) is 1.83. The lowest BCUT2D eigenvalue weighted by Gasteiger charge is -2.24. The van der Waals surface area contributed by atoms with Crippen molar-refractivity contribution in [1.29, 1.82) is 0 Å². The molecule has 0 unspecified atom stereocenters. The van der Waals surface area contributed by atoms with Crippen molar-refractivity contribution in [2.24, 2.45) is 0 Å². The monoisotopic (exact) mass is 212 g/mol. The highest BCUT2D eigenvalue weighted by Crippen LogP contribution is 2.10. The number of ether oxygens (including phenoxy) is 1. The third-order valence-electron chi connectivity index (χ3n) is 2.47. The summed E-state index contributed by atoms with van der Waals surface area (Å²) in [5.74, 6) is -0.521. The lowest BCUT2D eigenvalue weighted by Crippen LogP contribution is -2.39. The Morgan fingerprint density at radius 3 is 2.47 bits per heavy atom. The van der Waals surface area contributed by atoms with Crippen molar-refractivity contribution < 1.29 is 14.3 Å². The molecule has 0 aromatic rings. The Morgan fingerprint density at radius 2 is 2.07 bits per heavy atom. The second kappa shape index (κ2) is 4.93. The number of methoxy groups -OCH3 is 1. The van der Waals surface area contributed by atoms with Gasteiger partial charge in [0.05, 0.1) is 7.11 Å². The molecule has 0 bridgehead atoms. The first-order valence-corrected chi connectivity index (χ1v) is 4.78. The molecule has 1 rings (SSSR count). The molecule has 15 heavy (non-hydrogen) atoms. The normalized spacial score (nSPS) is 14.2. The Morgan fingerprint density at radius 1 is 1.47 bits per heavy atom. The fourth-order valence-corrected chi connectivity index (χ4v) is 1.28. The van der Waals surface area contributed by atoms with Crippen LogP contribution in [0.15, 0.2) is 11.1 Å². The van der Waals surface area contributed by atoms with E-state index in [-0.39, 0.29) is 12.5 Å². The Bertz CT molecular complexity index is 304. The minimum atomic E-state index is -0.407. The van der Waals surface area contributed by atoms with Crippen LogP contribution in [0.5, 0.6) is 0 Å². The van der Waals surface area contributed by atoms with Crippen molar-refractivity contribution in [1.82, 2.24) is 10.2 Å². The van der Waals surface area contributed by atoms with Crippen molar-refractivity contribution in [3.05, 3.63) is 11.1 Å². The Labute approximate surface area is 89.1 Å². The van der Waals surface area contributed by atoms with Gasteiger partial charge in [0, 0.05) is 25.7 Å². The molecule has 0 spiro atoms. The molecule has 0 aromatic carbocycles. The highest BCUT2D eigenvalue weighted by atomic mass is 16.5. The number of likely N-dealkylation sites (N-methyl/N-ethyl adjacent to an activating group) is 1. The quantitative estimate of drug-likeness (QED) is 0.508. The lowest BCUT2D eigenvalue weighted by atomic mass is 10.0. The van der Waals surface area contributed by atoms with Gasteiger partial charge in [0.15, 0.2) is 0 Å². The van der Waals surface area contributed by atoms with Gasteiger partial charge in [0.25, 0.3) is 0 Å². The first-order valence-electron chi connectivity index (χ1n) is 4.78. The number of carbonyl (C=O) groups excluding carboxylic acids is 2. The lowest BCUT2D eigenvalue weighted by molar-refractivity contribution is -0.145. The molecule has 1 aliphatic heterocycles. The Balaban J connectivity index is 2.56. The van der Waals surface area contributed by atoms with Gasteiger partial charge in [-0.25, -0.2) is 0 Å². The number of nitrogens with zero attached hydrogens (tertiary/aromatic N) is 1. The van der Waals surface area contributed by atoms with Crippen molar-refractivity contribution in [3.8, 4) is 0 Å². The van der Waals surface area contributed by atoms with Crippen LogP contribution in [0.4, 0.5) is 0 Å². The van der Waals surface area contributed by atoms with E-state index in [0.29, 0.717) is 0 Å². The summed E-state index contributed by atoms with van der Waals surface area (Å²) in [5, 5.41) is 3.07. The van der Waals surface area contributed by atoms with Gasteiger partial charge in [-0.05, 0) is 12.5 Å². The summed E-state index contributed by atoms with van der Waals surface area (Å²) in [4.78, 5) is 24.1. The van der Waals surface area contributed by atoms with Crippen LogP contribution < -0.4 is 5.32 Å². The maximum atomic E-state index is 11.8. The van der Waals surface area contributed by atoms with E-state index in [1.54, 1.807) is 14.0 Å². The largest absolute Gasteiger partial charge is 0.468 e. The van der Waals surface area contributed by atoms with Gasteiger partial charge in [-0.15, -0.1) is 0 Å². The molecule has 0 aromatic heterocycles. The number of carbonyl (C=O) groups is 2. The number of rotatable bonds is 3. The summed E-state index contributed by atoms with van der Waals surface area (Å²) < 4.78 is 4.49. The van der Waals surface area contributed by atoms with Gasteiger partial charge in [-0.3, -0.25) is 9.59 Å². The Hall–Kier alpha value is -1.36. The van der Waals surface area contributed by atoms with Crippen LogP contribution in [-0.2, 0) is 14.3 Å². The van der Waals surface area contributed by atoms with Gasteiger partial charge in [0.2, 0.25) is 5.91 Å². The van der Waals surface area contributed by atoms with E-state index >= 15 is 0 Å². The molecule has 1 saturated heterocycles. The molecule has 0 aliphatic carbocycles. The first-order chi connectivity index (χ1) is 7.06. The molecule has 0 saturated carbocycles. The van der Waals surface area contributed by atoms with E-state index in [2.05, 4.69) is 10.1 Å². The van der Waals surface area contributed by atoms with E-state index in [1.807, 2.05) is 0 Å². The zero-order chi connectivity index (χ0) is 11.4. The highest BCUT2D eigenvalue weighted by Gasteiger charge is 2.20. The summed E-state index contributed by atoms with van der Waals surface area (Å²) in [6.07, 6.45) is 0. The fourth-order valence-electron chi connectivity index (χ4n) is 1.28. The minimum Gasteiger partial charge on any atom is -0.468 e. The number of amides is 1. The average molecular weight is 212 g/mol. The smallest absolute Gasteiger partial charge is 0.325 e. The van der Waals surface area contributed by atoms with E-state index < -0.39 is 5.97 Å². The second-order valence-corrected chi connectivity index (χ2v) is 3.57. The molecule has 84 valence electrons. The van der Waals surface area contributed by atoms with Crippen LogP contribution in [0, 0.1) is 0 Å². The van der Waals surface area contributed by atoms with Crippen molar-refractivity contribution in [2.45, 2.75) is 6.92 Å². The second-order valence-electron chi connectivity index (χ2n) is 3.57. The first kappa shape index (κ1) is 11.7. The predicted octanol–water partition coefficient (Wildman–Crippen LogP) is -0.462. The van der Waals surface area contributed by atoms with E-state index in [1.165, 1.54) is 12.0 Å². The summed E-state index contributed by atoms with van der Waals surface area (Å²) in [6.45, 7) is 3.31. The molecule has 1 fully saturated rings. The predicted molar refractivity (Wildman–Crippen MR) is 55.2 cm³/mol. The third-order valence-corrected chi connectivity index (χ3v) is 2.47. The molecular weight excluding hydrogens is 196 g/mol. The molecule has 0 atom stereocenters. The van der Waals surface area contributed by atoms with E-state index in [4.69, 9.17) is 0 Å². The molecule has 1 N–H and O–H groups in total. The number of hydrogen-bond donors (Lipinski definition) is 1. The summed E-state index contributed by atoms with van der Waals surface area (Å²) in [7, 11) is 2.90. The van der Waals surface area contributed by atoms with E-state index in [9.17, 15) is 9.59 Å². The number of nitrogens with one attached hydrogen (secondary N) is 1. The number of hydrogen-bond acceptors (Lipinski definition) is 4. The molecule has 1 heterocycles. The molecule has 1 amide bonds.